The molecule has 0 fully saturated rings. The molecular formula is C14H23NO. The van der Waals surface area contributed by atoms with Crippen molar-refractivity contribution < 1.29 is 5.11 Å². The van der Waals surface area contributed by atoms with Crippen LogP contribution in [-0.2, 0) is 0 Å². The SMILES string of the molecule is C=C/C(O)=C\c1ncccc1C.CC.CC. The molecule has 0 aliphatic carbocycles. The lowest BCUT2D eigenvalue weighted by Crippen LogP contribution is -1.85. The molecule has 90 valence electrons. The van der Waals surface area contributed by atoms with E-state index in [4.69, 9.17) is 5.11 Å². The van der Waals surface area contributed by atoms with Crippen LogP contribution in [0, 0.1) is 6.92 Å². The van der Waals surface area contributed by atoms with Gasteiger partial charge in [-0.05, 0) is 24.6 Å². The van der Waals surface area contributed by atoms with Crippen LogP contribution in [0.3, 0.4) is 0 Å². The molecule has 0 spiro atoms. The first-order valence-corrected chi connectivity index (χ1v) is 5.69. The summed E-state index contributed by atoms with van der Waals surface area (Å²) >= 11 is 0. The van der Waals surface area contributed by atoms with Gasteiger partial charge in [0.2, 0.25) is 0 Å². The summed E-state index contributed by atoms with van der Waals surface area (Å²) in [5.74, 6) is 0.136. The lowest BCUT2D eigenvalue weighted by molar-refractivity contribution is 0.438. The van der Waals surface area contributed by atoms with Crippen molar-refractivity contribution in [3.8, 4) is 0 Å². The number of aryl methyl sites for hydroxylation is 1. The maximum Gasteiger partial charge on any atom is 0.117 e. The first kappa shape index (κ1) is 16.8. The first-order valence-electron chi connectivity index (χ1n) is 5.69. The maximum absolute atomic E-state index is 9.14. The zero-order chi connectivity index (χ0) is 13.0. The van der Waals surface area contributed by atoms with E-state index in [1.807, 2.05) is 46.8 Å². The molecule has 1 rings (SSSR count). The Kier molecular flexibility index (Phi) is 12.1. The summed E-state index contributed by atoms with van der Waals surface area (Å²) in [5, 5.41) is 9.14. The largest absolute Gasteiger partial charge is 0.508 e. The lowest BCUT2D eigenvalue weighted by atomic mass is 10.2. The number of aromatic nitrogens is 1. The predicted molar refractivity (Wildman–Crippen MR) is 72.5 cm³/mol. The van der Waals surface area contributed by atoms with Crippen molar-refractivity contribution in [3.63, 3.8) is 0 Å². The highest BCUT2D eigenvalue weighted by atomic mass is 16.3. The smallest absolute Gasteiger partial charge is 0.117 e. The van der Waals surface area contributed by atoms with Crippen molar-refractivity contribution in [2.45, 2.75) is 34.6 Å². The molecular weight excluding hydrogens is 198 g/mol. The highest BCUT2D eigenvalue weighted by molar-refractivity contribution is 5.52. The standard InChI is InChI=1S/C10H11NO.2C2H6/c1-3-9(12)7-10-8(2)5-4-6-11-10;2*1-2/h3-7,12H,1H2,2H3;2*1-2H3/b9-7+;;. The van der Waals surface area contributed by atoms with Crippen LogP contribution in [0.2, 0.25) is 0 Å². The summed E-state index contributed by atoms with van der Waals surface area (Å²) in [5.41, 5.74) is 1.81. The zero-order valence-corrected chi connectivity index (χ0v) is 11.0. The van der Waals surface area contributed by atoms with Gasteiger partial charge in [-0.3, -0.25) is 4.98 Å². The monoisotopic (exact) mass is 221 g/mol. The number of pyridine rings is 1. The van der Waals surface area contributed by atoms with Gasteiger partial charge in [0.1, 0.15) is 5.76 Å². The third-order valence-corrected chi connectivity index (χ3v) is 1.54. The Bertz CT molecular complexity index is 316. The summed E-state index contributed by atoms with van der Waals surface area (Å²) in [6.45, 7) is 13.4. The molecule has 0 amide bonds. The van der Waals surface area contributed by atoms with Crippen molar-refractivity contribution >= 4 is 6.08 Å². The number of allylic oxidation sites excluding steroid dienone is 1. The summed E-state index contributed by atoms with van der Waals surface area (Å²) < 4.78 is 0. The van der Waals surface area contributed by atoms with Gasteiger partial charge in [-0.1, -0.05) is 40.3 Å². The highest BCUT2D eigenvalue weighted by Crippen LogP contribution is 2.07. The third-order valence-electron chi connectivity index (χ3n) is 1.54. The molecule has 0 unspecified atom stereocenters. The Morgan fingerprint density at radius 2 is 1.88 bits per heavy atom. The summed E-state index contributed by atoms with van der Waals surface area (Å²) in [7, 11) is 0. The zero-order valence-electron chi connectivity index (χ0n) is 11.0. The molecule has 0 aliphatic rings. The number of nitrogens with zero attached hydrogens (tertiary/aromatic N) is 1. The van der Waals surface area contributed by atoms with Crippen LogP contribution in [0.15, 0.2) is 36.7 Å². The lowest BCUT2D eigenvalue weighted by Gasteiger charge is -1.97. The fourth-order valence-electron chi connectivity index (χ4n) is 0.848. The van der Waals surface area contributed by atoms with E-state index < -0.39 is 0 Å². The molecule has 0 bridgehead atoms. The van der Waals surface area contributed by atoms with Gasteiger partial charge in [0.25, 0.3) is 0 Å². The van der Waals surface area contributed by atoms with Gasteiger partial charge in [-0.15, -0.1) is 0 Å². The minimum atomic E-state index is 0.136. The second-order valence-electron chi connectivity index (χ2n) is 2.48. The maximum atomic E-state index is 9.14. The second kappa shape index (κ2) is 11.5. The van der Waals surface area contributed by atoms with Crippen molar-refractivity contribution in [2.75, 3.05) is 0 Å². The fourth-order valence-corrected chi connectivity index (χ4v) is 0.848. The Morgan fingerprint density at radius 3 is 2.31 bits per heavy atom. The summed E-state index contributed by atoms with van der Waals surface area (Å²) in [4.78, 5) is 4.08. The van der Waals surface area contributed by atoms with Gasteiger partial charge in [-0.2, -0.15) is 0 Å². The Hall–Kier alpha value is -1.57. The molecule has 0 saturated carbocycles. The Labute approximate surface area is 99.4 Å². The van der Waals surface area contributed by atoms with Crippen LogP contribution in [0.25, 0.3) is 6.08 Å². The molecule has 1 aromatic rings. The van der Waals surface area contributed by atoms with E-state index >= 15 is 0 Å². The number of rotatable bonds is 2. The molecule has 2 nitrogen and oxygen atoms in total. The van der Waals surface area contributed by atoms with Gasteiger partial charge in [0.05, 0.1) is 5.69 Å². The van der Waals surface area contributed by atoms with E-state index in [-0.39, 0.29) is 5.76 Å². The molecule has 2 heteroatoms. The predicted octanol–water partition coefficient (Wildman–Crippen LogP) is 4.53. The Balaban J connectivity index is 0. The normalized spacial score (nSPS) is 9.19. The number of hydrogen-bond acceptors (Lipinski definition) is 2. The van der Waals surface area contributed by atoms with E-state index in [0.717, 1.165) is 11.3 Å². The first-order chi connectivity index (χ1) is 7.74. The van der Waals surface area contributed by atoms with E-state index in [9.17, 15) is 0 Å². The molecule has 1 N–H and O–H groups in total. The molecule has 0 radical (unpaired) electrons. The highest BCUT2D eigenvalue weighted by Gasteiger charge is 1.94. The van der Waals surface area contributed by atoms with Gasteiger partial charge in [0.15, 0.2) is 0 Å². The van der Waals surface area contributed by atoms with Crippen LogP contribution >= 0.6 is 0 Å². The quantitative estimate of drug-likeness (QED) is 0.588. The summed E-state index contributed by atoms with van der Waals surface area (Å²) in [6, 6.07) is 3.80. The van der Waals surface area contributed by atoms with Crippen molar-refractivity contribution in [1.82, 2.24) is 4.98 Å². The van der Waals surface area contributed by atoms with Crippen molar-refractivity contribution in [3.05, 3.63) is 48.0 Å². The minimum Gasteiger partial charge on any atom is -0.508 e. The van der Waals surface area contributed by atoms with Crippen molar-refractivity contribution in [2.24, 2.45) is 0 Å². The van der Waals surface area contributed by atoms with Gasteiger partial charge < -0.3 is 5.11 Å². The fraction of sp³-hybridized carbons (Fsp3) is 0.357. The van der Waals surface area contributed by atoms with Gasteiger partial charge in [0, 0.05) is 12.3 Å². The van der Waals surface area contributed by atoms with Crippen LogP contribution < -0.4 is 0 Å². The topological polar surface area (TPSA) is 33.1 Å². The van der Waals surface area contributed by atoms with E-state index in [2.05, 4.69) is 11.6 Å². The van der Waals surface area contributed by atoms with Gasteiger partial charge >= 0.3 is 0 Å². The summed E-state index contributed by atoms with van der Waals surface area (Å²) in [6.07, 6.45) is 4.66. The molecule has 0 aromatic carbocycles. The third kappa shape index (κ3) is 6.82. The Morgan fingerprint density at radius 1 is 1.31 bits per heavy atom. The van der Waals surface area contributed by atoms with E-state index in [1.165, 1.54) is 6.08 Å². The van der Waals surface area contributed by atoms with E-state index in [1.54, 1.807) is 12.3 Å². The average molecular weight is 221 g/mol. The molecule has 1 heterocycles. The number of aliphatic hydroxyl groups is 1. The number of aliphatic hydroxyl groups excluding tert-OH is 1. The molecule has 0 aliphatic heterocycles. The minimum absolute atomic E-state index is 0.136. The number of hydrogen-bond donors (Lipinski definition) is 1. The van der Waals surface area contributed by atoms with Crippen LogP contribution in [0.4, 0.5) is 0 Å². The molecule has 0 atom stereocenters. The van der Waals surface area contributed by atoms with E-state index in [0.29, 0.717) is 0 Å². The molecule has 1 aromatic heterocycles. The van der Waals surface area contributed by atoms with Crippen LogP contribution in [-0.4, -0.2) is 10.1 Å². The van der Waals surface area contributed by atoms with Gasteiger partial charge in [-0.25, -0.2) is 0 Å². The van der Waals surface area contributed by atoms with Crippen LogP contribution in [0.5, 0.6) is 0 Å². The average Bonchev–Trinajstić information content (AvgIpc) is 2.37. The second-order valence-corrected chi connectivity index (χ2v) is 2.48. The van der Waals surface area contributed by atoms with Crippen molar-refractivity contribution in [1.29, 1.82) is 0 Å². The molecule has 0 saturated heterocycles. The molecule has 16 heavy (non-hydrogen) atoms. The van der Waals surface area contributed by atoms with Crippen LogP contribution in [0.1, 0.15) is 39.0 Å².